The average molecular weight is 327 g/mol. The van der Waals surface area contributed by atoms with Crippen LogP contribution in [0.15, 0.2) is 29.3 Å². The molecule has 2 radical (unpaired) electrons. The largest absolute Gasteiger partial charge is 0.437 e. The standard InChI is InChI=1S/C16H20F3N3O/c1-5-21(4)10-12(3)22-14(13-8-6-11(2)7-9-13)20-15(23-22)16(17,18)19/h2,6-9,12,15H,5,10H2,1,3-4H3/t12?,15-/m1/s1. The number of hydroxylamine groups is 2. The topological polar surface area (TPSA) is 28.1 Å². The molecule has 0 aromatic heterocycles. The fraction of sp³-hybridized carbons (Fsp3) is 0.500. The second-order valence-electron chi connectivity index (χ2n) is 5.60. The zero-order chi connectivity index (χ0) is 17.2. The lowest BCUT2D eigenvalue weighted by Gasteiger charge is -2.30. The number of hydrogen-bond donors (Lipinski definition) is 0. The molecular weight excluding hydrogens is 307 g/mol. The summed E-state index contributed by atoms with van der Waals surface area (Å²) in [6, 6.07) is 6.24. The monoisotopic (exact) mass is 327 g/mol. The predicted molar refractivity (Wildman–Crippen MR) is 81.8 cm³/mol. The van der Waals surface area contributed by atoms with Crippen LogP contribution in [0.2, 0.25) is 0 Å². The maximum absolute atomic E-state index is 13.0. The maximum Gasteiger partial charge on any atom is 0.437 e. The van der Waals surface area contributed by atoms with Crippen LogP contribution in [0.4, 0.5) is 13.2 Å². The highest BCUT2D eigenvalue weighted by Crippen LogP contribution is 2.31. The molecule has 1 aliphatic heterocycles. The first-order valence-electron chi connectivity index (χ1n) is 7.37. The van der Waals surface area contributed by atoms with Crippen molar-refractivity contribution in [1.82, 2.24) is 9.96 Å². The van der Waals surface area contributed by atoms with Crippen molar-refractivity contribution in [3.63, 3.8) is 0 Å². The van der Waals surface area contributed by atoms with Crippen LogP contribution in [-0.2, 0) is 4.84 Å². The van der Waals surface area contributed by atoms with Crippen molar-refractivity contribution in [2.24, 2.45) is 4.99 Å². The summed E-state index contributed by atoms with van der Waals surface area (Å²) in [5, 5.41) is 1.25. The minimum Gasteiger partial charge on any atom is -0.305 e. The maximum atomic E-state index is 13.0. The van der Waals surface area contributed by atoms with Crippen molar-refractivity contribution in [3.8, 4) is 0 Å². The first-order valence-corrected chi connectivity index (χ1v) is 7.37. The molecule has 0 aliphatic carbocycles. The molecule has 0 saturated heterocycles. The lowest BCUT2D eigenvalue weighted by atomic mass is 10.1. The number of likely N-dealkylation sites (N-methyl/N-ethyl adjacent to an activating group) is 1. The fourth-order valence-corrected chi connectivity index (χ4v) is 2.28. The molecular formula is C16H20F3N3O. The van der Waals surface area contributed by atoms with Crippen molar-refractivity contribution in [3.05, 3.63) is 42.3 Å². The van der Waals surface area contributed by atoms with E-state index in [1.54, 1.807) is 31.2 Å². The molecule has 1 heterocycles. The van der Waals surface area contributed by atoms with E-state index in [9.17, 15) is 13.2 Å². The van der Waals surface area contributed by atoms with Gasteiger partial charge in [0.25, 0.3) is 6.23 Å². The van der Waals surface area contributed by atoms with Gasteiger partial charge < -0.3 is 4.90 Å². The summed E-state index contributed by atoms with van der Waals surface area (Å²) in [7, 11) is 1.90. The van der Waals surface area contributed by atoms with Crippen molar-refractivity contribution >= 4 is 5.84 Å². The Kier molecular flexibility index (Phi) is 5.31. The Morgan fingerprint density at radius 2 is 1.96 bits per heavy atom. The molecule has 1 aromatic carbocycles. The molecule has 2 rings (SSSR count). The predicted octanol–water partition coefficient (Wildman–Crippen LogP) is 2.97. The zero-order valence-electron chi connectivity index (χ0n) is 13.3. The van der Waals surface area contributed by atoms with E-state index in [1.165, 1.54) is 5.06 Å². The third kappa shape index (κ3) is 4.23. The number of nitrogens with zero attached hydrogens (tertiary/aromatic N) is 3. The Morgan fingerprint density at radius 1 is 1.35 bits per heavy atom. The van der Waals surface area contributed by atoms with Gasteiger partial charge in [0.05, 0.1) is 6.04 Å². The smallest absolute Gasteiger partial charge is 0.305 e. The van der Waals surface area contributed by atoms with Crippen molar-refractivity contribution in [2.75, 3.05) is 20.1 Å². The van der Waals surface area contributed by atoms with E-state index in [1.807, 2.05) is 18.9 Å². The van der Waals surface area contributed by atoms with Crippen molar-refractivity contribution in [2.45, 2.75) is 32.3 Å². The van der Waals surface area contributed by atoms with Gasteiger partial charge in [-0.3, -0.25) is 0 Å². The Bertz CT molecular complexity index is 557. The number of benzene rings is 1. The van der Waals surface area contributed by atoms with E-state index in [-0.39, 0.29) is 11.9 Å². The number of halogens is 3. The Morgan fingerprint density at radius 3 is 2.48 bits per heavy atom. The summed E-state index contributed by atoms with van der Waals surface area (Å²) in [6.07, 6.45) is -6.73. The molecule has 4 nitrogen and oxygen atoms in total. The molecule has 2 atom stereocenters. The minimum atomic E-state index is -4.55. The van der Waals surface area contributed by atoms with E-state index in [0.29, 0.717) is 17.7 Å². The van der Waals surface area contributed by atoms with Gasteiger partial charge in [-0.2, -0.15) is 13.2 Å². The average Bonchev–Trinajstić information content (AvgIpc) is 2.93. The number of amidine groups is 1. The molecule has 0 fully saturated rings. The molecule has 126 valence electrons. The van der Waals surface area contributed by atoms with Crippen LogP contribution in [0.25, 0.3) is 0 Å². The van der Waals surface area contributed by atoms with E-state index in [2.05, 4.69) is 4.99 Å². The summed E-state index contributed by atoms with van der Waals surface area (Å²) < 4.78 is 39.0. The molecule has 0 N–H and O–H groups in total. The van der Waals surface area contributed by atoms with Crippen LogP contribution in [-0.4, -0.2) is 54.4 Å². The van der Waals surface area contributed by atoms with Gasteiger partial charge in [0, 0.05) is 12.1 Å². The van der Waals surface area contributed by atoms with Crippen molar-refractivity contribution < 1.29 is 18.0 Å². The number of hydrogen-bond acceptors (Lipinski definition) is 4. The van der Waals surface area contributed by atoms with Gasteiger partial charge in [0.1, 0.15) is 0 Å². The molecule has 0 spiro atoms. The van der Waals surface area contributed by atoms with Gasteiger partial charge in [-0.05, 0) is 33.0 Å². The van der Waals surface area contributed by atoms with E-state index in [0.717, 1.165) is 6.54 Å². The Balaban J connectivity index is 2.29. The normalized spacial score (nSPS) is 20.1. The summed E-state index contributed by atoms with van der Waals surface area (Å²) >= 11 is 0. The van der Waals surface area contributed by atoms with Crippen LogP contribution < -0.4 is 0 Å². The summed E-state index contributed by atoms with van der Waals surface area (Å²) in [5.74, 6) is 0.171. The minimum absolute atomic E-state index is 0.171. The highest BCUT2D eigenvalue weighted by molar-refractivity contribution is 5.99. The molecule has 0 saturated carbocycles. The van der Waals surface area contributed by atoms with Crippen LogP contribution in [0.5, 0.6) is 0 Å². The van der Waals surface area contributed by atoms with E-state index in [4.69, 9.17) is 11.8 Å². The van der Waals surface area contributed by atoms with Gasteiger partial charge >= 0.3 is 6.18 Å². The quantitative estimate of drug-likeness (QED) is 0.832. The van der Waals surface area contributed by atoms with Gasteiger partial charge in [-0.15, -0.1) is 0 Å². The van der Waals surface area contributed by atoms with Crippen molar-refractivity contribution in [1.29, 1.82) is 0 Å². The molecule has 1 aromatic rings. The van der Waals surface area contributed by atoms with Crippen LogP contribution in [0.3, 0.4) is 0 Å². The molecule has 1 aliphatic rings. The Hall–Kier alpha value is -1.60. The Labute approximate surface area is 134 Å². The molecule has 7 heteroatoms. The van der Waals surface area contributed by atoms with Gasteiger partial charge in [0.2, 0.25) is 0 Å². The highest BCUT2D eigenvalue weighted by atomic mass is 19.4. The first-order chi connectivity index (χ1) is 10.7. The van der Waals surface area contributed by atoms with Gasteiger partial charge in [-0.25, -0.2) is 14.9 Å². The van der Waals surface area contributed by atoms with E-state index < -0.39 is 12.4 Å². The SMILES string of the molecule is [CH]c1ccc(C2=N[C@@H](C(F)(F)F)ON2C(C)CN(C)CC)cc1. The molecule has 0 bridgehead atoms. The summed E-state index contributed by atoms with van der Waals surface area (Å²) in [6.45, 7) is 10.7. The summed E-state index contributed by atoms with van der Waals surface area (Å²) in [4.78, 5) is 10.8. The van der Waals surface area contributed by atoms with Crippen LogP contribution >= 0.6 is 0 Å². The molecule has 23 heavy (non-hydrogen) atoms. The molecule has 1 unspecified atom stereocenters. The lowest BCUT2D eigenvalue weighted by molar-refractivity contribution is -0.268. The first kappa shape index (κ1) is 17.7. The third-order valence-corrected chi connectivity index (χ3v) is 3.63. The highest BCUT2D eigenvalue weighted by Gasteiger charge is 2.48. The van der Waals surface area contributed by atoms with E-state index >= 15 is 0 Å². The number of aliphatic imine (C=N–C) groups is 1. The van der Waals surface area contributed by atoms with Crippen LogP contribution in [0, 0.1) is 6.92 Å². The number of alkyl halides is 3. The number of rotatable bonds is 5. The lowest BCUT2D eigenvalue weighted by Crippen LogP contribution is -2.44. The molecule has 0 amide bonds. The fourth-order valence-electron chi connectivity index (χ4n) is 2.28. The summed E-state index contributed by atoms with van der Waals surface area (Å²) in [5.41, 5.74) is 1.07. The third-order valence-electron chi connectivity index (χ3n) is 3.63. The second-order valence-corrected chi connectivity index (χ2v) is 5.60. The van der Waals surface area contributed by atoms with Gasteiger partial charge in [0.15, 0.2) is 5.84 Å². The zero-order valence-corrected chi connectivity index (χ0v) is 13.3. The van der Waals surface area contributed by atoms with Crippen LogP contribution in [0.1, 0.15) is 25.0 Å². The van der Waals surface area contributed by atoms with Gasteiger partial charge in [-0.1, -0.05) is 31.2 Å². The second kappa shape index (κ2) is 6.88.